The summed E-state index contributed by atoms with van der Waals surface area (Å²) in [6.45, 7) is 6.40. The first-order valence-electron chi connectivity index (χ1n) is 9.63. The Balaban J connectivity index is 1.59. The van der Waals surface area contributed by atoms with Crippen molar-refractivity contribution in [1.82, 2.24) is 14.9 Å². The third-order valence-electron chi connectivity index (χ3n) is 4.92. The number of hydrogen-bond acceptors (Lipinski definition) is 7. The van der Waals surface area contributed by atoms with Gasteiger partial charge in [0.25, 0.3) is 0 Å². The number of aliphatic hydroxyl groups is 1. The summed E-state index contributed by atoms with van der Waals surface area (Å²) >= 11 is 0. The van der Waals surface area contributed by atoms with Crippen LogP contribution in [0, 0.1) is 0 Å². The fraction of sp³-hybridized carbons (Fsp3) is 0.778. The summed E-state index contributed by atoms with van der Waals surface area (Å²) in [6, 6.07) is 2.05. The van der Waals surface area contributed by atoms with E-state index < -0.39 is 0 Å². The minimum atomic E-state index is 0.0673. The van der Waals surface area contributed by atoms with E-state index in [1.54, 1.807) is 0 Å². The Kier molecular flexibility index (Phi) is 7.26. The van der Waals surface area contributed by atoms with E-state index in [0.717, 1.165) is 44.2 Å². The maximum atomic E-state index is 9.03. The first-order chi connectivity index (χ1) is 12.3. The molecule has 0 aromatic carbocycles. The first-order valence-corrected chi connectivity index (χ1v) is 9.63. The molecule has 1 aromatic rings. The topological polar surface area (TPSA) is 82.5 Å². The number of hydrogen-bond donors (Lipinski definition) is 3. The lowest BCUT2D eigenvalue weighted by Crippen LogP contribution is -2.30. The molecule has 0 bridgehead atoms. The summed E-state index contributed by atoms with van der Waals surface area (Å²) < 4.78 is 5.50. The van der Waals surface area contributed by atoms with Crippen LogP contribution in [-0.2, 0) is 4.74 Å². The van der Waals surface area contributed by atoms with Gasteiger partial charge in [-0.15, -0.1) is 0 Å². The number of nitrogens with zero attached hydrogens (tertiary/aromatic N) is 3. The number of aromatic nitrogens is 2. The summed E-state index contributed by atoms with van der Waals surface area (Å²) in [5.74, 6) is 1.77. The van der Waals surface area contributed by atoms with Gasteiger partial charge in [-0.1, -0.05) is 12.8 Å². The van der Waals surface area contributed by atoms with Gasteiger partial charge in [0.05, 0.1) is 18.9 Å². The van der Waals surface area contributed by atoms with Crippen molar-refractivity contribution in [1.29, 1.82) is 0 Å². The van der Waals surface area contributed by atoms with Crippen molar-refractivity contribution < 1.29 is 9.84 Å². The zero-order chi connectivity index (χ0) is 17.3. The molecule has 0 saturated carbocycles. The molecule has 3 rings (SSSR count). The van der Waals surface area contributed by atoms with Gasteiger partial charge in [-0.25, -0.2) is 4.98 Å². The highest BCUT2D eigenvalue weighted by Crippen LogP contribution is 2.26. The van der Waals surface area contributed by atoms with Crippen molar-refractivity contribution in [3.63, 3.8) is 0 Å². The number of nitrogens with one attached hydrogen (secondary N) is 2. The molecule has 140 valence electrons. The van der Waals surface area contributed by atoms with E-state index in [4.69, 9.17) is 9.84 Å². The molecule has 25 heavy (non-hydrogen) atoms. The standard InChI is InChI=1S/C18H31N5O2/c24-11-7-20-18-21-16(15-5-12-25-14-15)13-17(22-18)19-6-10-23-8-3-1-2-4-9-23/h13,15,24H,1-12,14H2,(H2,19,20,21,22)/t15-/m0/s1. The van der Waals surface area contributed by atoms with Gasteiger partial charge in [-0.2, -0.15) is 4.98 Å². The van der Waals surface area contributed by atoms with Crippen LogP contribution in [0.25, 0.3) is 0 Å². The lowest BCUT2D eigenvalue weighted by molar-refractivity contribution is 0.193. The summed E-state index contributed by atoms with van der Waals surface area (Å²) in [6.07, 6.45) is 6.36. The van der Waals surface area contributed by atoms with E-state index in [2.05, 4.69) is 25.5 Å². The van der Waals surface area contributed by atoms with Gasteiger partial charge < -0.3 is 25.4 Å². The van der Waals surface area contributed by atoms with Crippen LogP contribution >= 0.6 is 0 Å². The van der Waals surface area contributed by atoms with E-state index >= 15 is 0 Å². The lowest BCUT2D eigenvalue weighted by atomic mass is 10.0. The van der Waals surface area contributed by atoms with Crippen molar-refractivity contribution in [3.8, 4) is 0 Å². The number of rotatable bonds is 8. The van der Waals surface area contributed by atoms with E-state index in [1.165, 1.54) is 38.8 Å². The van der Waals surface area contributed by atoms with Crippen LogP contribution in [0.3, 0.4) is 0 Å². The summed E-state index contributed by atoms with van der Waals surface area (Å²) in [5.41, 5.74) is 1.02. The quantitative estimate of drug-likeness (QED) is 0.658. The molecule has 0 amide bonds. The molecule has 3 N–H and O–H groups in total. The summed E-state index contributed by atoms with van der Waals surface area (Å²) in [5, 5.41) is 15.6. The zero-order valence-electron chi connectivity index (χ0n) is 15.0. The number of ether oxygens (including phenoxy) is 1. The van der Waals surface area contributed by atoms with E-state index in [9.17, 15) is 0 Å². The second-order valence-corrected chi connectivity index (χ2v) is 6.90. The summed E-state index contributed by atoms with van der Waals surface area (Å²) in [7, 11) is 0. The molecular weight excluding hydrogens is 318 g/mol. The molecule has 7 heteroatoms. The molecule has 1 atom stereocenters. The van der Waals surface area contributed by atoms with Gasteiger partial charge >= 0.3 is 0 Å². The molecule has 2 aliphatic rings. The van der Waals surface area contributed by atoms with Crippen molar-refractivity contribution in [2.24, 2.45) is 0 Å². The van der Waals surface area contributed by atoms with Gasteiger partial charge in [0.1, 0.15) is 5.82 Å². The van der Waals surface area contributed by atoms with Crippen LogP contribution in [0.2, 0.25) is 0 Å². The number of likely N-dealkylation sites (tertiary alicyclic amines) is 1. The smallest absolute Gasteiger partial charge is 0.224 e. The Morgan fingerprint density at radius 3 is 2.68 bits per heavy atom. The molecular formula is C18H31N5O2. The number of aliphatic hydroxyl groups excluding tert-OH is 1. The predicted molar refractivity (Wildman–Crippen MR) is 99.2 cm³/mol. The lowest BCUT2D eigenvalue weighted by Gasteiger charge is -2.20. The Morgan fingerprint density at radius 1 is 1.12 bits per heavy atom. The largest absolute Gasteiger partial charge is 0.395 e. The Bertz CT molecular complexity index is 514. The van der Waals surface area contributed by atoms with Crippen LogP contribution < -0.4 is 10.6 Å². The van der Waals surface area contributed by atoms with Crippen LogP contribution in [-0.4, -0.2) is 72.5 Å². The molecule has 0 unspecified atom stereocenters. The van der Waals surface area contributed by atoms with Crippen molar-refractivity contribution in [2.75, 3.05) is 63.2 Å². The van der Waals surface area contributed by atoms with Gasteiger partial charge in [0.15, 0.2) is 0 Å². The minimum Gasteiger partial charge on any atom is -0.395 e. The minimum absolute atomic E-state index is 0.0673. The molecule has 0 spiro atoms. The van der Waals surface area contributed by atoms with E-state index in [-0.39, 0.29) is 6.61 Å². The molecule has 0 aliphatic carbocycles. The fourth-order valence-electron chi connectivity index (χ4n) is 3.48. The van der Waals surface area contributed by atoms with Gasteiger partial charge in [-0.05, 0) is 32.4 Å². The van der Waals surface area contributed by atoms with Gasteiger partial charge in [-0.3, -0.25) is 0 Å². The fourth-order valence-corrected chi connectivity index (χ4v) is 3.48. The van der Waals surface area contributed by atoms with Crippen molar-refractivity contribution in [3.05, 3.63) is 11.8 Å². The van der Waals surface area contributed by atoms with Crippen molar-refractivity contribution >= 4 is 11.8 Å². The zero-order valence-corrected chi connectivity index (χ0v) is 15.0. The number of anilines is 2. The third-order valence-corrected chi connectivity index (χ3v) is 4.92. The highest BCUT2D eigenvalue weighted by Gasteiger charge is 2.20. The Labute approximate surface area is 150 Å². The molecule has 2 saturated heterocycles. The van der Waals surface area contributed by atoms with Crippen molar-refractivity contribution in [2.45, 2.75) is 38.0 Å². The SMILES string of the molecule is OCCNc1nc(NCCN2CCCCCC2)cc([C@H]2CCOC2)n1. The van der Waals surface area contributed by atoms with E-state index in [0.29, 0.717) is 18.4 Å². The third kappa shape index (κ3) is 5.80. The van der Waals surface area contributed by atoms with Crippen LogP contribution in [0.1, 0.15) is 43.7 Å². The van der Waals surface area contributed by atoms with Crippen LogP contribution in [0.5, 0.6) is 0 Å². The highest BCUT2D eigenvalue weighted by atomic mass is 16.5. The van der Waals surface area contributed by atoms with E-state index in [1.807, 2.05) is 6.07 Å². The Morgan fingerprint density at radius 2 is 1.96 bits per heavy atom. The average Bonchev–Trinajstić information content (AvgIpc) is 3.05. The molecule has 1 aromatic heterocycles. The maximum absolute atomic E-state index is 9.03. The Hall–Kier alpha value is -1.44. The van der Waals surface area contributed by atoms with Gasteiger partial charge in [0.2, 0.25) is 5.95 Å². The average molecular weight is 349 g/mol. The molecule has 0 radical (unpaired) electrons. The second kappa shape index (κ2) is 9.89. The monoisotopic (exact) mass is 349 g/mol. The normalized spacial score (nSPS) is 21.9. The predicted octanol–water partition coefficient (Wildman–Crippen LogP) is 1.67. The van der Waals surface area contributed by atoms with Gasteiger partial charge in [0, 0.05) is 38.2 Å². The molecule has 3 heterocycles. The molecule has 2 aliphatic heterocycles. The molecule has 2 fully saturated rings. The second-order valence-electron chi connectivity index (χ2n) is 6.90. The maximum Gasteiger partial charge on any atom is 0.224 e. The first kappa shape index (κ1) is 18.4. The van der Waals surface area contributed by atoms with Crippen LogP contribution in [0.4, 0.5) is 11.8 Å². The molecule has 7 nitrogen and oxygen atoms in total. The highest BCUT2D eigenvalue weighted by molar-refractivity contribution is 5.43. The van der Waals surface area contributed by atoms with Crippen LogP contribution in [0.15, 0.2) is 6.07 Å². The summed E-state index contributed by atoms with van der Waals surface area (Å²) in [4.78, 5) is 11.7.